The van der Waals surface area contributed by atoms with Gasteiger partial charge in [-0.25, -0.2) is 4.98 Å². The maximum absolute atomic E-state index is 12.1. The summed E-state index contributed by atoms with van der Waals surface area (Å²) in [6, 6.07) is 9.52. The van der Waals surface area contributed by atoms with Crippen molar-refractivity contribution in [3.63, 3.8) is 0 Å². The Kier molecular flexibility index (Phi) is 6.43. The molecule has 1 N–H and O–H groups in total. The summed E-state index contributed by atoms with van der Waals surface area (Å²) in [5, 5.41) is 11.9. The van der Waals surface area contributed by atoms with Gasteiger partial charge >= 0.3 is 0 Å². The fourth-order valence-corrected chi connectivity index (χ4v) is 3.55. The van der Waals surface area contributed by atoms with Crippen molar-refractivity contribution >= 4 is 0 Å². The Morgan fingerprint density at radius 3 is 2.47 bits per heavy atom. The molecule has 34 heavy (non-hydrogen) atoms. The first-order valence-corrected chi connectivity index (χ1v) is 11.3. The summed E-state index contributed by atoms with van der Waals surface area (Å²) in [6.07, 6.45) is 5.03. The highest BCUT2D eigenvalue weighted by Crippen LogP contribution is 2.27. The van der Waals surface area contributed by atoms with E-state index in [1.54, 1.807) is 29.2 Å². The maximum Gasteiger partial charge on any atom is 0.268 e. The number of pyridine rings is 1. The minimum Gasteiger partial charge on any atom is -0.415 e. The van der Waals surface area contributed by atoms with E-state index in [0.29, 0.717) is 23.2 Å². The molecule has 4 rings (SSSR count). The maximum atomic E-state index is 12.1. The zero-order valence-electron chi connectivity index (χ0n) is 20.5. The summed E-state index contributed by atoms with van der Waals surface area (Å²) in [7, 11) is 0. The molecule has 0 unspecified atom stereocenters. The van der Waals surface area contributed by atoms with Crippen LogP contribution in [0.2, 0.25) is 0 Å². The number of hydrogen-bond donors (Lipinski definition) is 1. The van der Waals surface area contributed by atoms with E-state index in [1.807, 2.05) is 26.8 Å². The van der Waals surface area contributed by atoms with E-state index in [0.717, 1.165) is 23.2 Å². The normalized spacial score (nSPS) is 11.9. The number of hydrogen-bond acceptors (Lipinski definition) is 7. The quantitative estimate of drug-likeness (QED) is 0.443. The van der Waals surface area contributed by atoms with Crippen molar-refractivity contribution in [1.29, 1.82) is 0 Å². The smallest absolute Gasteiger partial charge is 0.268 e. The van der Waals surface area contributed by atoms with Crippen molar-refractivity contribution in [2.45, 2.75) is 59.7 Å². The van der Waals surface area contributed by atoms with Gasteiger partial charge < -0.3 is 14.3 Å². The molecule has 0 aliphatic rings. The average Bonchev–Trinajstić information content (AvgIpc) is 3.27. The second-order valence-electron chi connectivity index (χ2n) is 9.71. The van der Waals surface area contributed by atoms with E-state index in [1.165, 1.54) is 11.6 Å². The van der Waals surface area contributed by atoms with E-state index in [4.69, 9.17) is 4.42 Å². The number of rotatable bonds is 6. The van der Waals surface area contributed by atoms with E-state index in [2.05, 4.69) is 58.4 Å². The number of nitrogens with one attached hydrogen (secondary N) is 1. The summed E-state index contributed by atoms with van der Waals surface area (Å²) in [5.41, 5.74) is 5.01. The second-order valence-corrected chi connectivity index (χ2v) is 9.71. The Morgan fingerprint density at radius 1 is 1.03 bits per heavy atom. The van der Waals surface area contributed by atoms with Crippen molar-refractivity contribution in [2.75, 3.05) is 0 Å². The van der Waals surface area contributed by atoms with Crippen LogP contribution in [0.5, 0.6) is 0 Å². The molecule has 0 radical (unpaired) electrons. The highest BCUT2D eigenvalue weighted by atomic mass is 16.4. The van der Waals surface area contributed by atoms with Crippen LogP contribution < -0.4 is 10.9 Å². The van der Waals surface area contributed by atoms with Crippen LogP contribution in [-0.2, 0) is 6.54 Å². The zero-order chi connectivity index (χ0) is 24.5. The average molecular weight is 459 g/mol. The van der Waals surface area contributed by atoms with E-state index < -0.39 is 0 Å². The first kappa shape index (κ1) is 23.5. The van der Waals surface area contributed by atoms with E-state index >= 15 is 0 Å². The fraction of sp³-hybridized carbons (Fsp3) is 0.346. The second kappa shape index (κ2) is 9.30. The minimum absolute atomic E-state index is 0.0426. The van der Waals surface area contributed by atoms with Gasteiger partial charge in [-0.2, -0.15) is 0 Å². The highest BCUT2D eigenvalue weighted by Gasteiger charge is 2.16. The molecule has 0 bridgehead atoms. The van der Waals surface area contributed by atoms with Crippen LogP contribution in [0.1, 0.15) is 51.8 Å². The monoisotopic (exact) mass is 458 g/mol. The first-order chi connectivity index (χ1) is 16.1. The Balaban J connectivity index is 1.60. The molecule has 0 aliphatic heterocycles. The number of benzene rings is 1. The lowest BCUT2D eigenvalue weighted by molar-refractivity contribution is 0.424. The van der Waals surface area contributed by atoms with E-state index in [-0.39, 0.29) is 17.1 Å². The molecule has 0 amide bonds. The summed E-state index contributed by atoms with van der Waals surface area (Å²) in [6.45, 7) is 13.2. The fourth-order valence-electron chi connectivity index (χ4n) is 3.55. The van der Waals surface area contributed by atoms with Crippen molar-refractivity contribution < 1.29 is 4.42 Å². The van der Waals surface area contributed by atoms with Gasteiger partial charge in [-0.1, -0.05) is 12.1 Å². The summed E-state index contributed by atoms with van der Waals surface area (Å²) in [4.78, 5) is 21.0. The Morgan fingerprint density at radius 2 is 1.76 bits per heavy atom. The third-order valence-corrected chi connectivity index (χ3v) is 5.41. The van der Waals surface area contributed by atoms with Crippen LogP contribution in [0.25, 0.3) is 34.3 Å². The van der Waals surface area contributed by atoms with Gasteiger partial charge in [0, 0.05) is 41.5 Å². The molecule has 0 spiro atoms. The molecule has 4 aromatic rings. The van der Waals surface area contributed by atoms with Gasteiger partial charge in [0.25, 0.3) is 11.4 Å². The number of aromatic nitrogens is 5. The van der Waals surface area contributed by atoms with E-state index in [9.17, 15) is 4.79 Å². The van der Waals surface area contributed by atoms with Gasteiger partial charge in [-0.15, -0.1) is 10.2 Å². The predicted octanol–water partition coefficient (Wildman–Crippen LogP) is 4.80. The van der Waals surface area contributed by atoms with Crippen molar-refractivity contribution in [3.05, 3.63) is 70.4 Å². The number of aryl methyl sites for hydroxylation is 1. The molecule has 1 aromatic carbocycles. The van der Waals surface area contributed by atoms with Crippen LogP contribution >= 0.6 is 0 Å². The molecule has 0 aliphatic carbocycles. The lowest BCUT2D eigenvalue weighted by Gasteiger charge is -2.20. The third kappa shape index (κ3) is 5.28. The van der Waals surface area contributed by atoms with Gasteiger partial charge in [0.2, 0.25) is 5.89 Å². The lowest BCUT2D eigenvalue weighted by atomic mass is 10.0. The molecule has 8 nitrogen and oxygen atoms in total. The van der Waals surface area contributed by atoms with Gasteiger partial charge in [-0.3, -0.25) is 9.78 Å². The van der Waals surface area contributed by atoms with Gasteiger partial charge in [-0.05, 0) is 64.8 Å². The molecule has 3 heterocycles. The molecular weight excluding hydrogens is 428 g/mol. The van der Waals surface area contributed by atoms with Crippen LogP contribution in [0.4, 0.5) is 0 Å². The number of nitrogens with zero attached hydrogens (tertiary/aromatic N) is 5. The van der Waals surface area contributed by atoms with Crippen LogP contribution in [0, 0.1) is 6.92 Å². The summed E-state index contributed by atoms with van der Waals surface area (Å²) < 4.78 is 7.63. The molecule has 0 saturated carbocycles. The van der Waals surface area contributed by atoms with Gasteiger partial charge in [0.1, 0.15) is 5.69 Å². The van der Waals surface area contributed by atoms with Crippen molar-refractivity contribution in [3.8, 4) is 34.3 Å². The Bertz CT molecular complexity index is 1360. The van der Waals surface area contributed by atoms with Crippen molar-refractivity contribution in [1.82, 2.24) is 30.0 Å². The van der Waals surface area contributed by atoms with Crippen LogP contribution in [-0.4, -0.2) is 30.3 Å². The first-order valence-electron chi connectivity index (χ1n) is 11.3. The molecule has 0 saturated heterocycles. The van der Waals surface area contributed by atoms with Crippen LogP contribution in [0.15, 0.2) is 58.1 Å². The predicted molar refractivity (Wildman–Crippen MR) is 132 cm³/mol. The summed E-state index contributed by atoms with van der Waals surface area (Å²) in [5.74, 6) is 0.725. The van der Waals surface area contributed by atoms with Gasteiger partial charge in [0.05, 0.1) is 18.1 Å². The third-order valence-electron chi connectivity index (χ3n) is 5.41. The van der Waals surface area contributed by atoms with Crippen LogP contribution in [0.3, 0.4) is 0 Å². The lowest BCUT2D eigenvalue weighted by Crippen LogP contribution is -2.35. The molecule has 176 valence electrons. The molecule has 0 atom stereocenters. The molecular formula is C26H30N6O2. The highest BCUT2D eigenvalue weighted by molar-refractivity contribution is 5.62. The van der Waals surface area contributed by atoms with Crippen molar-refractivity contribution in [2.24, 2.45) is 0 Å². The molecule has 8 heteroatoms. The standard InChI is InChI=1S/C26H30N6O2/c1-16(2)32-15-19(8-10-23(32)33)21-13-27-14-22(29-21)25-31-30-24(34-25)20-9-7-18(11-17(20)3)12-28-26(4,5)6/h7-11,13-16,28H,12H2,1-6H3. The molecule has 3 aromatic heterocycles. The minimum atomic E-state index is -0.0556. The topological polar surface area (TPSA) is 98.7 Å². The molecule has 0 fully saturated rings. The van der Waals surface area contributed by atoms with Gasteiger partial charge in [0.15, 0.2) is 0 Å². The largest absolute Gasteiger partial charge is 0.415 e. The zero-order valence-corrected chi connectivity index (χ0v) is 20.5. The Labute approximate surface area is 199 Å². The summed E-state index contributed by atoms with van der Waals surface area (Å²) >= 11 is 0. The SMILES string of the molecule is Cc1cc(CNC(C)(C)C)ccc1-c1nnc(-c2cncc(-c3ccc(=O)n(C(C)C)c3)n2)o1. The Hall–Kier alpha value is -3.65.